The number of benzene rings is 2. The molecule has 0 N–H and O–H groups in total. The maximum Gasteiger partial charge on any atom is 0.410 e. The molecule has 2 aromatic rings. The highest BCUT2D eigenvalue weighted by Gasteiger charge is 2.39. The molecule has 1 aliphatic heterocycles. The summed E-state index contributed by atoms with van der Waals surface area (Å²) in [6, 6.07) is 15.8. The van der Waals surface area contributed by atoms with E-state index in [0.717, 1.165) is 36.0 Å². The van der Waals surface area contributed by atoms with Crippen molar-refractivity contribution in [3.8, 4) is 11.1 Å². The molecule has 6 heteroatoms. The molecule has 1 heterocycles. The highest BCUT2D eigenvalue weighted by molar-refractivity contribution is 6.41. The number of fused-ring (bicyclic) bond motifs is 3. The van der Waals surface area contributed by atoms with Gasteiger partial charge in [-0.1, -0.05) is 74.0 Å². The molecule has 0 aromatic heterocycles. The standard InChI is InChI=1S/C33H38N2O4/c1-4-9-23(32(34-3)31(37)17-22-14-15-22)18-30(36)29-16-21(2)19-35(29)33(38)39-20-28-26-12-7-5-10-24(26)25-11-6-8-13-27(25)28/h5-8,10-13,22-23,28-29H,2,4,9,14-20H2,1,3H3/t23-,29+/m1/s1. The summed E-state index contributed by atoms with van der Waals surface area (Å²) in [6.45, 7) is 6.64. The topological polar surface area (TPSA) is 76.0 Å². The molecule has 5 rings (SSSR count). The zero-order valence-corrected chi connectivity index (χ0v) is 23.0. The van der Waals surface area contributed by atoms with Crippen LogP contribution in [-0.2, 0) is 14.3 Å². The van der Waals surface area contributed by atoms with Crippen molar-refractivity contribution in [2.75, 3.05) is 20.2 Å². The summed E-state index contributed by atoms with van der Waals surface area (Å²) >= 11 is 0. The zero-order chi connectivity index (χ0) is 27.5. The number of hydrogen-bond acceptors (Lipinski definition) is 5. The Morgan fingerprint density at radius 2 is 1.69 bits per heavy atom. The Balaban J connectivity index is 1.26. The monoisotopic (exact) mass is 526 g/mol. The van der Waals surface area contributed by atoms with Crippen LogP contribution in [-0.4, -0.2) is 54.5 Å². The third-order valence-corrected chi connectivity index (χ3v) is 8.36. The first-order valence-corrected chi connectivity index (χ1v) is 14.2. The van der Waals surface area contributed by atoms with Crippen LogP contribution >= 0.6 is 0 Å². The minimum atomic E-state index is -0.621. The van der Waals surface area contributed by atoms with Gasteiger partial charge < -0.3 is 4.74 Å². The highest BCUT2D eigenvalue weighted by Crippen LogP contribution is 2.44. The first-order valence-electron chi connectivity index (χ1n) is 14.2. The molecular weight excluding hydrogens is 488 g/mol. The van der Waals surface area contributed by atoms with Crippen molar-refractivity contribution in [2.45, 2.75) is 63.8 Å². The number of rotatable bonds is 11. The summed E-state index contributed by atoms with van der Waals surface area (Å²) in [7, 11) is 1.65. The van der Waals surface area contributed by atoms with E-state index >= 15 is 0 Å². The van der Waals surface area contributed by atoms with E-state index in [1.165, 1.54) is 16.0 Å². The summed E-state index contributed by atoms with van der Waals surface area (Å²) in [6.07, 6.45) is 4.41. The highest BCUT2D eigenvalue weighted by atomic mass is 16.6. The van der Waals surface area contributed by atoms with Gasteiger partial charge in [0, 0.05) is 38.3 Å². The van der Waals surface area contributed by atoms with E-state index in [1.54, 1.807) is 7.05 Å². The lowest BCUT2D eigenvalue weighted by molar-refractivity contribution is -0.123. The number of carbonyl (C=O) groups excluding carboxylic acids is 3. The van der Waals surface area contributed by atoms with Gasteiger partial charge in [-0.2, -0.15) is 0 Å². The van der Waals surface area contributed by atoms with Gasteiger partial charge in [-0.15, -0.1) is 0 Å². The first kappa shape index (κ1) is 27.0. The predicted octanol–water partition coefficient (Wildman–Crippen LogP) is 6.38. The molecule has 204 valence electrons. The van der Waals surface area contributed by atoms with E-state index in [1.807, 2.05) is 24.3 Å². The summed E-state index contributed by atoms with van der Waals surface area (Å²) in [5, 5.41) is 0. The second-order valence-corrected chi connectivity index (χ2v) is 11.2. The van der Waals surface area contributed by atoms with Gasteiger partial charge in [0.05, 0.1) is 11.8 Å². The molecule has 0 spiro atoms. The van der Waals surface area contributed by atoms with E-state index in [-0.39, 0.29) is 36.4 Å². The van der Waals surface area contributed by atoms with Crippen LogP contribution in [0.25, 0.3) is 11.1 Å². The molecule has 6 nitrogen and oxygen atoms in total. The Morgan fingerprint density at radius 3 is 2.28 bits per heavy atom. The number of likely N-dealkylation sites (tertiary alicyclic amines) is 1. The molecule has 3 aliphatic rings. The summed E-state index contributed by atoms with van der Waals surface area (Å²) in [5.41, 5.74) is 6.00. The Kier molecular flexibility index (Phi) is 8.10. The average Bonchev–Trinajstić information content (AvgIpc) is 3.57. The van der Waals surface area contributed by atoms with Crippen LogP contribution in [0.5, 0.6) is 0 Å². The molecule has 1 saturated carbocycles. The minimum absolute atomic E-state index is 0.0453. The number of amides is 1. The zero-order valence-electron chi connectivity index (χ0n) is 23.0. The molecule has 0 bridgehead atoms. The average molecular weight is 527 g/mol. The predicted molar refractivity (Wildman–Crippen MR) is 153 cm³/mol. The molecule has 1 saturated heterocycles. The fraction of sp³-hybridized carbons (Fsp3) is 0.455. The van der Waals surface area contributed by atoms with Crippen LogP contribution in [0.1, 0.15) is 68.9 Å². The maximum atomic E-state index is 13.6. The molecule has 0 unspecified atom stereocenters. The van der Waals surface area contributed by atoms with E-state index in [0.29, 0.717) is 37.4 Å². The van der Waals surface area contributed by atoms with Crippen LogP contribution in [0.4, 0.5) is 4.79 Å². The van der Waals surface area contributed by atoms with Gasteiger partial charge in [0.15, 0.2) is 11.6 Å². The summed E-state index contributed by atoms with van der Waals surface area (Å²) in [4.78, 5) is 45.7. The number of Topliss-reactive ketones (excluding diaryl/α,β-unsaturated/α-hetero) is 2. The number of carbonyl (C=O) groups is 3. The third kappa shape index (κ3) is 5.75. The van der Waals surface area contributed by atoms with Crippen molar-refractivity contribution >= 4 is 23.4 Å². The Labute approximate surface area is 231 Å². The van der Waals surface area contributed by atoms with Crippen molar-refractivity contribution in [3.63, 3.8) is 0 Å². The van der Waals surface area contributed by atoms with Crippen molar-refractivity contribution in [2.24, 2.45) is 16.8 Å². The molecule has 2 fully saturated rings. The molecule has 2 aliphatic carbocycles. The molecule has 0 radical (unpaired) electrons. The van der Waals surface area contributed by atoms with Gasteiger partial charge in [-0.3, -0.25) is 19.5 Å². The Morgan fingerprint density at radius 1 is 1.05 bits per heavy atom. The van der Waals surface area contributed by atoms with Gasteiger partial charge in [-0.25, -0.2) is 4.79 Å². The lowest BCUT2D eigenvalue weighted by Crippen LogP contribution is -2.42. The SMILES string of the molecule is C=C1C[C@@H](C(=O)C[C@@H](CCC)C(=NC)C(=O)CC2CC2)N(C(=O)OCC2c3ccccc3-c3ccccc32)C1. The molecular formula is C33H38N2O4. The number of aliphatic imine (C=N–C) groups is 1. The summed E-state index contributed by atoms with van der Waals surface area (Å²) < 4.78 is 5.88. The number of ketones is 2. The van der Waals surface area contributed by atoms with Gasteiger partial charge in [0.1, 0.15) is 6.61 Å². The van der Waals surface area contributed by atoms with Gasteiger partial charge in [0.2, 0.25) is 0 Å². The van der Waals surface area contributed by atoms with E-state index < -0.39 is 12.1 Å². The normalized spacial score (nSPS) is 19.5. The lowest BCUT2D eigenvalue weighted by Gasteiger charge is -2.26. The van der Waals surface area contributed by atoms with Crippen LogP contribution in [0, 0.1) is 11.8 Å². The van der Waals surface area contributed by atoms with E-state index in [9.17, 15) is 14.4 Å². The quantitative estimate of drug-likeness (QED) is 0.251. The lowest BCUT2D eigenvalue weighted by atomic mass is 9.86. The van der Waals surface area contributed by atoms with E-state index in [2.05, 4.69) is 42.8 Å². The second kappa shape index (κ2) is 11.7. The fourth-order valence-electron chi connectivity index (χ4n) is 6.24. The van der Waals surface area contributed by atoms with Crippen molar-refractivity contribution < 1.29 is 19.1 Å². The van der Waals surface area contributed by atoms with Crippen molar-refractivity contribution in [1.29, 1.82) is 0 Å². The summed E-state index contributed by atoms with van der Waals surface area (Å²) in [5.74, 6) is 0.207. The smallest absolute Gasteiger partial charge is 0.410 e. The third-order valence-electron chi connectivity index (χ3n) is 8.36. The van der Waals surface area contributed by atoms with Gasteiger partial charge in [0.25, 0.3) is 0 Å². The van der Waals surface area contributed by atoms with Gasteiger partial charge in [-0.05, 0) is 53.9 Å². The van der Waals surface area contributed by atoms with Crippen LogP contribution < -0.4 is 0 Å². The number of hydrogen-bond donors (Lipinski definition) is 0. The largest absolute Gasteiger partial charge is 0.448 e. The second-order valence-electron chi connectivity index (χ2n) is 11.2. The molecule has 1 amide bonds. The first-order chi connectivity index (χ1) is 18.9. The van der Waals surface area contributed by atoms with Crippen LogP contribution in [0.2, 0.25) is 0 Å². The number of nitrogens with zero attached hydrogens (tertiary/aromatic N) is 2. The Bertz CT molecular complexity index is 1260. The van der Waals surface area contributed by atoms with Crippen molar-refractivity contribution in [1.82, 2.24) is 4.90 Å². The molecule has 39 heavy (non-hydrogen) atoms. The minimum Gasteiger partial charge on any atom is -0.448 e. The maximum absolute atomic E-state index is 13.6. The number of ether oxygens (including phenoxy) is 1. The Hall–Kier alpha value is -3.54. The fourth-order valence-corrected chi connectivity index (χ4v) is 6.24. The molecule has 2 aromatic carbocycles. The van der Waals surface area contributed by atoms with Crippen LogP contribution in [0.3, 0.4) is 0 Å². The van der Waals surface area contributed by atoms with E-state index in [4.69, 9.17) is 4.74 Å². The van der Waals surface area contributed by atoms with Crippen molar-refractivity contribution in [3.05, 3.63) is 71.8 Å². The molecule has 2 atom stereocenters. The van der Waals surface area contributed by atoms with Gasteiger partial charge >= 0.3 is 6.09 Å². The van der Waals surface area contributed by atoms with Crippen LogP contribution in [0.15, 0.2) is 65.7 Å².